The lowest BCUT2D eigenvalue weighted by molar-refractivity contribution is -0.132. The van der Waals surface area contributed by atoms with Crippen LogP contribution >= 0.6 is 46.3 Å². The van der Waals surface area contributed by atoms with Gasteiger partial charge in [-0.2, -0.15) is 0 Å². The highest BCUT2D eigenvalue weighted by molar-refractivity contribution is 8.00. The monoisotopic (exact) mass is 659 g/mol. The fraction of sp³-hybridized carbons (Fsp3) is 0.0909. The van der Waals surface area contributed by atoms with E-state index in [1.807, 2.05) is 36.4 Å². The predicted molar refractivity (Wildman–Crippen MR) is 174 cm³/mol. The molecule has 1 unspecified atom stereocenters. The number of carbonyl (C=O) groups excluding carboxylic acids is 2. The van der Waals surface area contributed by atoms with Crippen LogP contribution in [0, 0.1) is 0 Å². The van der Waals surface area contributed by atoms with Crippen LogP contribution in [0.25, 0.3) is 5.76 Å². The van der Waals surface area contributed by atoms with Crippen molar-refractivity contribution in [2.75, 3.05) is 4.90 Å². The Balaban J connectivity index is 1.35. The third kappa shape index (κ3) is 6.37. The predicted octanol–water partition coefficient (Wildman–Crippen LogP) is 8.34. The molecular formula is C33H23Cl2N3O4S2. The Hall–Kier alpha value is -4.15. The summed E-state index contributed by atoms with van der Waals surface area (Å²) < 4.78 is 6.63. The minimum absolute atomic E-state index is 0.0428. The van der Waals surface area contributed by atoms with Gasteiger partial charge < -0.3 is 9.84 Å². The second-order valence-electron chi connectivity index (χ2n) is 9.76. The zero-order valence-electron chi connectivity index (χ0n) is 22.9. The van der Waals surface area contributed by atoms with Crippen LogP contribution in [-0.2, 0) is 21.9 Å². The van der Waals surface area contributed by atoms with Crippen molar-refractivity contribution in [3.63, 3.8) is 0 Å². The number of thioether (sulfide) groups is 1. The van der Waals surface area contributed by atoms with Crippen molar-refractivity contribution >= 4 is 68.9 Å². The zero-order chi connectivity index (χ0) is 30.6. The molecule has 5 aromatic rings. The maximum absolute atomic E-state index is 13.6. The SMILES string of the molecule is O=C1C(=O)N(c2nnc(SCc3ccc(Cl)cc3Cl)s2)C(c2cccc(OCc3ccccc3)c2)C1=C(O)c1ccccc1. The summed E-state index contributed by atoms with van der Waals surface area (Å²) in [4.78, 5) is 28.4. The minimum atomic E-state index is -0.966. The molecule has 6 rings (SSSR count). The zero-order valence-corrected chi connectivity index (χ0v) is 26.0. The van der Waals surface area contributed by atoms with Crippen LogP contribution in [0.5, 0.6) is 5.75 Å². The molecule has 0 radical (unpaired) electrons. The lowest BCUT2D eigenvalue weighted by atomic mass is 9.95. The number of carbonyl (C=O) groups is 2. The molecule has 7 nitrogen and oxygen atoms in total. The summed E-state index contributed by atoms with van der Waals surface area (Å²) in [6, 6.07) is 29.9. The summed E-state index contributed by atoms with van der Waals surface area (Å²) in [5.74, 6) is -0.851. The van der Waals surface area contributed by atoms with E-state index < -0.39 is 17.7 Å². The van der Waals surface area contributed by atoms with Crippen molar-refractivity contribution < 1.29 is 19.4 Å². The van der Waals surface area contributed by atoms with Crippen molar-refractivity contribution in [2.45, 2.75) is 22.7 Å². The molecule has 1 aliphatic heterocycles. The van der Waals surface area contributed by atoms with Gasteiger partial charge in [0, 0.05) is 21.4 Å². The van der Waals surface area contributed by atoms with Gasteiger partial charge in [-0.1, -0.05) is 125 Å². The molecule has 1 N–H and O–H groups in total. The molecule has 1 fully saturated rings. The second-order valence-corrected chi connectivity index (χ2v) is 12.8. The number of rotatable bonds is 9. The number of halogens is 2. The third-order valence-electron chi connectivity index (χ3n) is 6.88. The smallest absolute Gasteiger partial charge is 0.301 e. The van der Waals surface area contributed by atoms with Crippen LogP contribution in [0.15, 0.2) is 113 Å². The number of amides is 1. The number of aliphatic hydroxyl groups is 1. The molecule has 1 saturated heterocycles. The van der Waals surface area contributed by atoms with Crippen molar-refractivity contribution in [2.24, 2.45) is 0 Å². The summed E-state index contributed by atoms with van der Waals surface area (Å²) in [7, 11) is 0. The quantitative estimate of drug-likeness (QED) is 0.0559. The Labute approximate surface area is 271 Å². The largest absolute Gasteiger partial charge is 0.507 e. The summed E-state index contributed by atoms with van der Waals surface area (Å²) in [5, 5.41) is 21.2. The number of aliphatic hydroxyl groups excluding tert-OH is 1. The fourth-order valence-electron chi connectivity index (χ4n) is 4.75. The molecule has 1 aliphatic rings. The molecular weight excluding hydrogens is 637 g/mol. The van der Waals surface area contributed by atoms with E-state index in [1.54, 1.807) is 66.7 Å². The number of ketones is 1. The number of hydrogen-bond donors (Lipinski definition) is 1. The molecule has 0 aliphatic carbocycles. The van der Waals surface area contributed by atoms with Gasteiger partial charge in [-0.25, -0.2) is 0 Å². The van der Waals surface area contributed by atoms with Gasteiger partial charge in [0.2, 0.25) is 5.13 Å². The van der Waals surface area contributed by atoms with Gasteiger partial charge in [0.25, 0.3) is 5.78 Å². The van der Waals surface area contributed by atoms with Crippen LogP contribution in [0.4, 0.5) is 5.13 Å². The Kier molecular flexibility index (Phi) is 8.99. The maximum atomic E-state index is 13.6. The number of Topliss-reactive ketones (excluding diaryl/α,β-unsaturated/α-hetero) is 1. The summed E-state index contributed by atoms with van der Waals surface area (Å²) in [6.07, 6.45) is 0. The normalized spacial score (nSPS) is 16.0. The van der Waals surface area contributed by atoms with Crippen LogP contribution in [0.2, 0.25) is 10.0 Å². The topological polar surface area (TPSA) is 92.6 Å². The van der Waals surface area contributed by atoms with Gasteiger partial charge in [-0.05, 0) is 41.0 Å². The van der Waals surface area contributed by atoms with E-state index in [-0.39, 0.29) is 16.5 Å². The van der Waals surface area contributed by atoms with E-state index in [9.17, 15) is 14.7 Å². The molecule has 1 atom stereocenters. The summed E-state index contributed by atoms with van der Waals surface area (Å²) in [6.45, 7) is 0.336. The molecule has 11 heteroatoms. The van der Waals surface area contributed by atoms with Gasteiger partial charge in [-0.15, -0.1) is 10.2 Å². The minimum Gasteiger partial charge on any atom is -0.507 e. The molecule has 220 valence electrons. The highest BCUT2D eigenvalue weighted by atomic mass is 35.5. The molecule has 44 heavy (non-hydrogen) atoms. The van der Waals surface area contributed by atoms with E-state index in [0.29, 0.717) is 43.6 Å². The number of benzene rings is 4. The first-order valence-electron chi connectivity index (χ1n) is 13.4. The van der Waals surface area contributed by atoms with Crippen LogP contribution in [0.1, 0.15) is 28.3 Å². The standard InChI is InChI=1S/C33H23Cl2N3O4S2/c34-24-15-14-23(26(35)17-24)19-43-33-37-36-32(44-33)38-28(27(30(40)31(38)41)29(39)21-10-5-2-6-11-21)22-12-7-13-25(16-22)42-18-20-8-3-1-4-9-20/h1-17,28,39H,18-19H2. The molecule has 2 heterocycles. The van der Waals surface area contributed by atoms with E-state index in [0.717, 1.165) is 11.1 Å². The molecule has 0 saturated carbocycles. The van der Waals surface area contributed by atoms with Gasteiger partial charge in [-0.3, -0.25) is 14.5 Å². The number of nitrogens with zero attached hydrogens (tertiary/aromatic N) is 3. The highest BCUT2D eigenvalue weighted by Crippen LogP contribution is 2.44. The number of aromatic nitrogens is 2. The van der Waals surface area contributed by atoms with Crippen molar-refractivity contribution in [1.29, 1.82) is 0 Å². The first kappa shape index (κ1) is 29.9. The van der Waals surface area contributed by atoms with Gasteiger partial charge >= 0.3 is 5.91 Å². The highest BCUT2D eigenvalue weighted by Gasteiger charge is 2.48. The molecule has 4 aromatic carbocycles. The second kappa shape index (κ2) is 13.2. The lowest BCUT2D eigenvalue weighted by Crippen LogP contribution is -2.29. The van der Waals surface area contributed by atoms with Crippen molar-refractivity contribution in [3.05, 3.63) is 141 Å². The first-order chi connectivity index (χ1) is 21.4. The van der Waals surface area contributed by atoms with Gasteiger partial charge in [0.15, 0.2) is 4.34 Å². The molecule has 0 spiro atoms. The van der Waals surface area contributed by atoms with Crippen molar-refractivity contribution in [1.82, 2.24) is 10.2 Å². The number of hydrogen-bond acceptors (Lipinski definition) is 8. The number of ether oxygens (including phenoxy) is 1. The Morgan fingerprint density at radius 3 is 2.41 bits per heavy atom. The third-order valence-corrected chi connectivity index (χ3v) is 9.57. The van der Waals surface area contributed by atoms with Crippen LogP contribution < -0.4 is 9.64 Å². The van der Waals surface area contributed by atoms with E-state index in [2.05, 4.69) is 10.2 Å². The van der Waals surface area contributed by atoms with Gasteiger partial charge in [0.05, 0.1) is 11.6 Å². The maximum Gasteiger partial charge on any atom is 0.301 e. The van der Waals surface area contributed by atoms with Crippen LogP contribution in [-0.4, -0.2) is 27.0 Å². The molecule has 0 bridgehead atoms. The first-order valence-corrected chi connectivity index (χ1v) is 16.0. The summed E-state index contributed by atoms with van der Waals surface area (Å²) in [5.41, 5.74) is 2.81. The Bertz CT molecular complexity index is 1870. The Morgan fingerprint density at radius 2 is 1.66 bits per heavy atom. The van der Waals surface area contributed by atoms with E-state index in [4.69, 9.17) is 27.9 Å². The molecule has 1 amide bonds. The number of anilines is 1. The summed E-state index contributed by atoms with van der Waals surface area (Å²) >= 11 is 14.9. The van der Waals surface area contributed by atoms with Crippen LogP contribution in [0.3, 0.4) is 0 Å². The average Bonchev–Trinajstić information content (AvgIpc) is 3.62. The van der Waals surface area contributed by atoms with E-state index >= 15 is 0 Å². The van der Waals surface area contributed by atoms with Crippen molar-refractivity contribution in [3.8, 4) is 5.75 Å². The van der Waals surface area contributed by atoms with E-state index in [1.165, 1.54) is 28.0 Å². The van der Waals surface area contributed by atoms with Gasteiger partial charge in [0.1, 0.15) is 18.1 Å². The average molecular weight is 661 g/mol. The molecule has 1 aromatic heterocycles. The fourth-order valence-corrected chi connectivity index (χ4v) is 7.17. The lowest BCUT2D eigenvalue weighted by Gasteiger charge is -2.23. The Morgan fingerprint density at radius 1 is 0.909 bits per heavy atom.